The van der Waals surface area contributed by atoms with E-state index < -0.39 is 32.8 Å². The van der Waals surface area contributed by atoms with Gasteiger partial charge in [0.25, 0.3) is 11.4 Å². The first-order valence-electron chi connectivity index (χ1n) is 5.29. The number of nitro groups is 2. The predicted molar refractivity (Wildman–Crippen MR) is 73.1 cm³/mol. The van der Waals surface area contributed by atoms with Crippen molar-refractivity contribution in [2.24, 2.45) is 10.8 Å². The molecule has 108 valence electrons. The van der Waals surface area contributed by atoms with Gasteiger partial charge in [0.15, 0.2) is 5.84 Å². The Bertz CT molecular complexity index is 669. The first kappa shape index (κ1) is 15.5. The highest BCUT2D eigenvalue weighted by Crippen LogP contribution is 2.31. The minimum Gasteiger partial charge on any atom is -0.382 e. The van der Waals surface area contributed by atoms with Crippen LogP contribution in [0.3, 0.4) is 0 Å². The second-order valence-electron chi connectivity index (χ2n) is 3.75. The van der Waals surface area contributed by atoms with E-state index in [9.17, 15) is 20.2 Å². The Balaban J connectivity index is 3.32. The van der Waals surface area contributed by atoms with Crippen molar-refractivity contribution in [3.05, 3.63) is 37.9 Å². The van der Waals surface area contributed by atoms with Crippen LogP contribution in [0.25, 0.3) is 0 Å². The molecule has 0 spiro atoms. The lowest BCUT2D eigenvalue weighted by molar-refractivity contribution is -0.395. The number of nitrogens with zero attached hydrogens (tertiary/aromatic N) is 4. The van der Waals surface area contributed by atoms with E-state index in [0.29, 0.717) is 0 Å². The van der Waals surface area contributed by atoms with Crippen LogP contribution in [0.15, 0.2) is 17.2 Å². The molecule has 0 aromatic heterocycles. The van der Waals surface area contributed by atoms with Gasteiger partial charge in [-0.25, -0.2) is 0 Å². The van der Waals surface area contributed by atoms with E-state index in [2.05, 4.69) is 10.5 Å². The molecule has 0 atom stereocenters. The van der Waals surface area contributed by atoms with Crippen molar-refractivity contribution in [3.63, 3.8) is 0 Å². The molecule has 0 aliphatic heterocycles. The fourth-order valence-corrected chi connectivity index (χ4v) is 1.39. The molecule has 1 aromatic carbocycles. The SMILES string of the molecule is Cc1c([N+](=O)[O-])cc(N/N=C(\C#N)C(=N)N)cc1[N+](=O)[O-]. The van der Waals surface area contributed by atoms with Gasteiger partial charge in [0.1, 0.15) is 11.6 Å². The predicted octanol–water partition coefficient (Wildman–Crippen LogP) is 1.04. The molecule has 1 aromatic rings. The Hall–Kier alpha value is -3.55. The minimum atomic E-state index is -0.770. The number of nitriles is 1. The third kappa shape index (κ3) is 3.47. The maximum absolute atomic E-state index is 10.9. The number of nitrogens with two attached hydrogens (primary N) is 1. The van der Waals surface area contributed by atoms with Crippen LogP contribution in [0.1, 0.15) is 5.56 Å². The lowest BCUT2D eigenvalue weighted by Crippen LogP contribution is -2.21. The van der Waals surface area contributed by atoms with Crippen LogP contribution in [0, 0.1) is 43.9 Å². The number of hydrazone groups is 1. The molecule has 1 rings (SSSR count). The Morgan fingerprint density at radius 2 is 1.86 bits per heavy atom. The van der Waals surface area contributed by atoms with Crippen molar-refractivity contribution in [1.29, 1.82) is 10.7 Å². The van der Waals surface area contributed by atoms with Crippen LogP contribution in [0.2, 0.25) is 0 Å². The summed E-state index contributed by atoms with van der Waals surface area (Å²) in [5.41, 5.74) is 5.72. The smallest absolute Gasteiger partial charge is 0.281 e. The van der Waals surface area contributed by atoms with E-state index in [4.69, 9.17) is 16.4 Å². The standard InChI is InChI=1S/C10H9N7O4/c1-5-8(16(18)19)2-6(3-9(5)17(20)21)14-15-7(4-11)10(12)13/h2-3,14H,1H3,(H3,12,13)/b15-7+. The summed E-state index contributed by atoms with van der Waals surface area (Å²) >= 11 is 0. The largest absolute Gasteiger partial charge is 0.382 e. The van der Waals surface area contributed by atoms with Crippen LogP contribution < -0.4 is 11.2 Å². The first-order valence-corrected chi connectivity index (χ1v) is 5.29. The van der Waals surface area contributed by atoms with E-state index in [1.165, 1.54) is 13.0 Å². The Labute approximate surface area is 117 Å². The number of benzene rings is 1. The Morgan fingerprint density at radius 3 is 2.19 bits per heavy atom. The molecule has 0 aliphatic rings. The molecule has 21 heavy (non-hydrogen) atoms. The van der Waals surface area contributed by atoms with Gasteiger partial charge >= 0.3 is 0 Å². The molecule has 0 bridgehead atoms. The van der Waals surface area contributed by atoms with Gasteiger partial charge in [-0.15, -0.1) is 0 Å². The third-order valence-electron chi connectivity index (χ3n) is 2.40. The average Bonchev–Trinajstić information content (AvgIpc) is 2.39. The summed E-state index contributed by atoms with van der Waals surface area (Å²) in [6.45, 7) is 1.25. The van der Waals surface area contributed by atoms with Gasteiger partial charge in [-0.05, 0) is 6.92 Å². The zero-order valence-corrected chi connectivity index (χ0v) is 10.7. The first-order chi connectivity index (χ1) is 9.77. The molecular formula is C10H9N7O4. The summed E-state index contributed by atoms with van der Waals surface area (Å²) in [6.07, 6.45) is 0. The van der Waals surface area contributed by atoms with Gasteiger partial charge in [-0.2, -0.15) is 10.4 Å². The van der Waals surface area contributed by atoms with Gasteiger partial charge < -0.3 is 5.73 Å². The molecule has 0 amide bonds. The second kappa shape index (κ2) is 6.06. The average molecular weight is 291 g/mol. The van der Waals surface area contributed by atoms with Gasteiger partial charge in [0, 0.05) is 12.1 Å². The summed E-state index contributed by atoms with van der Waals surface area (Å²) in [7, 11) is 0. The lowest BCUT2D eigenvalue weighted by atomic mass is 10.1. The Morgan fingerprint density at radius 1 is 1.38 bits per heavy atom. The van der Waals surface area contributed by atoms with Crippen molar-refractivity contribution >= 4 is 28.6 Å². The second-order valence-corrected chi connectivity index (χ2v) is 3.75. The number of anilines is 1. The zero-order chi connectivity index (χ0) is 16.2. The summed E-state index contributed by atoms with van der Waals surface area (Å²) < 4.78 is 0. The molecule has 0 saturated heterocycles. The van der Waals surface area contributed by atoms with Crippen molar-refractivity contribution in [1.82, 2.24) is 0 Å². The number of nitrogens with one attached hydrogen (secondary N) is 2. The summed E-state index contributed by atoms with van der Waals surface area (Å²) in [4.78, 5) is 20.2. The monoisotopic (exact) mass is 291 g/mol. The molecule has 11 heteroatoms. The number of rotatable bonds is 5. The van der Waals surface area contributed by atoms with E-state index in [0.717, 1.165) is 12.1 Å². The fraction of sp³-hybridized carbons (Fsp3) is 0.100. The van der Waals surface area contributed by atoms with Crippen LogP contribution in [0.4, 0.5) is 17.1 Å². The summed E-state index contributed by atoms with van der Waals surface area (Å²) in [5.74, 6) is -0.610. The summed E-state index contributed by atoms with van der Waals surface area (Å²) in [6, 6.07) is 3.59. The Kier molecular flexibility index (Phi) is 4.48. The van der Waals surface area contributed by atoms with Gasteiger partial charge in [-0.1, -0.05) is 0 Å². The number of nitro benzene ring substituents is 2. The van der Waals surface area contributed by atoms with E-state index in [1.807, 2.05) is 0 Å². The number of amidine groups is 1. The molecule has 0 radical (unpaired) electrons. The van der Waals surface area contributed by atoms with Crippen LogP contribution in [0.5, 0.6) is 0 Å². The van der Waals surface area contributed by atoms with Crippen molar-refractivity contribution in [3.8, 4) is 6.07 Å². The fourth-order valence-electron chi connectivity index (χ4n) is 1.39. The quantitative estimate of drug-likeness (QED) is 0.313. The normalized spacial score (nSPS) is 10.6. The van der Waals surface area contributed by atoms with Gasteiger partial charge in [-0.3, -0.25) is 31.1 Å². The topological polar surface area (TPSA) is 184 Å². The molecule has 0 heterocycles. The molecular weight excluding hydrogens is 282 g/mol. The van der Waals surface area contributed by atoms with E-state index in [1.54, 1.807) is 0 Å². The van der Waals surface area contributed by atoms with E-state index in [-0.39, 0.29) is 11.3 Å². The molecule has 0 saturated carbocycles. The van der Waals surface area contributed by atoms with Crippen molar-refractivity contribution in [2.45, 2.75) is 6.92 Å². The molecule has 0 aliphatic carbocycles. The highest BCUT2D eigenvalue weighted by molar-refractivity contribution is 6.45. The number of hydrogen-bond acceptors (Lipinski definition) is 8. The van der Waals surface area contributed by atoms with Crippen molar-refractivity contribution in [2.75, 3.05) is 5.43 Å². The van der Waals surface area contributed by atoms with Crippen LogP contribution in [-0.2, 0) is 0 Å². The maximum atomic E-state index is 10.9. The zero-order valence-electron chi connectivity index (χ0n) is 10.7. The molecule has 4 N–H and O–H groups in total. The van der Waals surface area contributed by atoms with Gasteiger partial charge in [0.2, 0.25) is 5.71 Å². The molecule has 11 nitrogen and oxygen atoms in total. The van der Waals surface area contributed by atoms with E-state index >= 15 is 0 Å². The minimum absolute atomic E-state index is 0.0759. The lowest BCUT2D eigenvalue weighted by Gasteiger charge is -2.04. The summed E-state index contributed by atoms with van der Waals surface area (Å²) in [5, 5.41) is 40.9. The highest BCUT2D eigenvalue weighted by Gasteiger charge is 2.23. The molecule has 0 unspecified atom stereocenters. The van der Waals surface area contributed by atoms with Crippen LogP contribution in [-0.4, -0.2) is 21.4 Å². The van der Waals surface area contributed by atoms with Crippen molar-refractivity contribution < 1.29 is 9.85 Å². The third-order valence-corrected chi connectivity index (χ3v) is 2.40. The highest BCUT2D eigenvalue weighted by atomic mass is 16.6. The maximum Gasteiger partial charge on any atom is 0.281 e. The van der Waals surface area contributed by atoms with Crippen LogP contribution >= 0.6 is 0 Å². The number of hydrogen-bond donors (Lipinski definition) is 3. The van der Waals surface area contributed by atoms with Gasteiger partial charge in [0.05, 0.1) is 15.5 Å². The molecule has 0 fully saturated rings.